The number of ether oxygens (including phenoxy) is 2. The number of aryl methyl sites for hydroxylation is 1. The normalized spacial score (nSPS) is 17.4. The monoisotopic (exact) mass is 248 g/mol. The molecule has 5 heteroatoms. The highest BCUT2D eigenvalue weighted by Gasteiger charge is 2.24. The van der Waals surface area contributed by atoms with Crippen LogP contribution in [-0.2, 0) is 11.3 Å². The smallest absolute Gasteiger partial charge is 0.231 e. The van der Waals surface area contributed by atoms with Crippen LogP contribution in [0.2, 0.25) is 0 Å². The Bertz CT molecular complexity index is 483. The molecule has 3 rings (SSSR count). The number of hydrogen-bond donors (Lipinski definition) is 2. The van der Waals surface area contributed by atoms with Gasteiger partial charge in [-0.1, -0.05) is 0 Å². The summed E-state index contributed by atoms with van der Waals surface area (Å²) in [4.78, 5) is 11.7. The Labute approximate surface area is 105 Å². The molecule has 0 atom stereocenters. The molecule has 1 aromatic rings. The SMILES string of the molecule is Cc1cc2c(cc1CNC(=O)C1CNC1)OCO2. The van der Waals surface area contributed by atoms with Crippen LogP contribution in [0.15, 0.2) is 12.1 Å². The highest BCUT2D eigenvalue weighted by Crippen LogP contribution is 2.34. The maximum Gasteiger partial charge on any atom is 0.231 e. The van der Waals surface area contributed by atoms with Crippen molar-refractivity contribution in [3.8, 4) is 11.5 Å². The first-order chi connectivity index (χ1) is 8.74. The molecule has 18 heavy (non-hydrogen) atoms. The van der Waals surface area contributed by atoms with Crippen LogP contribution in [0.1, 0.15) is 11.1 Å². The van der Waals surface area contributed by atoms with Crippen LogP contribution in [0, 0.1) is 12.8 Å². The fraction of sp³-hybridized carbons (Fsp3) is 0.462. The van der Waals surface area contributed by atoms with E-state index in [4.69, 9.17) is 9.47 Å². The third-order valence-electron chi connectivity index (χ3n) is 3.44. The average Bonchev–Trinajstić information content (AvgIpc) is 2.70. The van der Waals surface area contributed by atoms with E-state index in [-0.39, 0.29) is 18.6 Å². The molecule has 0 radical (unpaired) electrons. The first-order valence-corrected chi connectivity index (χ1v) is 6.11. The minimum Gasteiger partial charge on any atom is -0.454 e. The van der Waals surface area contributed by atoms with Gasteiger partial charge < -0.3 is 20.1 Å². The van der Waals surface area contributed by atoms with E-state index in [1.54, 1.807) is 0 Å². The molecule has 0 spiro atoms. The minimum atomic E-state index is 0.116. The summed E-state index contributed by atoms with van der Waals surface area (Å²) >= 11 is 0. The Morgan fingerprint density at radius 1 is 1.39 bits per heavy atom. The summed E-state index contributed by atoms with van der Waals surface area (Å²) in [6, 6.07) is 3.89. The van der Waals surface area contributed by atoms with Crippen molar-refractivity contribution in [2.75, 3.05) is 19.9 Å². The number of rotatable bonds is 3. The molecule has 2 N–H and O–H groups in total. The van der Waals surface area contributed by atoms with Gasteiger partial charge in [0.25, 0.3) is 0 Å². The lowest BCUT2D eigenvalue weighted by Crippen LogP contribution is -2.50. The van der Waals surface area contributed by atoms with Crippen molar-refractivity contribution in [2.24, 2.45) is 5.92 Å². The van der Waals surface area contributed by atoms with E-state index in [0.29, 0.717) is 6.54 Å². The predicted molar refractivity (Wildman–Crippen MR) is 65.5 cm³/mol. The molecular weight excluding hydrogens is 232 g/mol. The highest BCUT2D eigenvalue weighted by molar-refractivity contribution is 5.80. The number of fused-ring (bicyclic) bond motifs is 1. The van der Waals surface area contributed by atoms with E-state index >= 15 is 0 Å². The van der Waals surface area contributed by atoms with Gasteiger partial charge in [0.05, 0.1) is 5.92 Å². The van der Waals surface area contributed by atoms with Gasteiger partial charge in [0.15, 0.2) is 11.5 Å². The lowest BCUT2D eigenvalue weighted by Gasteiger charge is -2.25. The second-order valence-corrected chi connectivity index (χ2v) is 4.70. The van der Waals surface area contributed by atoms with Gasteiger partial charge in [0.2, 0.25) is 12.7 Å². The Hall–Kier alpha value is -1.75. The van der Waals surface area contributed by atoms with Crippen LogP contribution in [0.3, 0.4) is 0 Å². The average molecular weight is 248 g/mol. The standard InChI is InChI=1S/C13H16N2O3/c1-8-2-11-12(18-7-17-11)3-9(8)6-15-13(16)10-4-14-5-10/h2-3,10,14H,4-7H2,1H3,(H,15,16). The van der Waals surface area contributed by atoms with Gasteiger partial charge in [0, 0.05) is 19.6 Å². The summed E-state index contributed by atoms with van der Waals surface area (Å²) < 4.78 is 10.6. The van der Waals surface area contributed by atoms with Crippen LogP contribution in [0.5, 0.6) is 11.5 Å². The van der Waals surface area contributed by atoms with Crippen molar-refractivity contribution in [3.05, 3.63) is 23.3 Å². The molecule has 5 nitrogen and oxygen atoms in total. The molecule has 0 aromatic heterocycles. The molecular formula is C13H16N2O3. The van der Waals surface area contributed by atoms with E-state index in [2.05, 4.69) is 10.6 Å². The van der Waals surface area contributed by atoms with Crippen molar-refractivity contribution in [3.63, 3.8) is 0 Å². The number of nitrogens with one attached hydrogen (secondary N) is 2. The number of carbonyl (C=O) groups excluding carboxylic acids is 1. The van der Waals surface area contributed by atoms with Crippen LogP contribution >= 0.6 is 0 Å². The fourth-order valence-electron chi connectivity index (χ4n) is 2.08. The Kier molecular flexibility index (Phi) is 2.83. The zero-order valence-corrected chi connectivity index (χ0v) is 10.3. The first-order valence-electron chi connectivity index (χ1n) is 6.11. The van der Waals surface area contributed by atoms with Gasteiger partial charge in [-0.3, -0.25) is 4.79 Å². The summed E-state index contributed by atoms with van der Waals surface area (Å²) in [5, 5.41) is 6.05. The molecule has 0 unspecified atom stereocenters. The van der Waals surface area contributed by atoms with Crippen LogP contribution < -0.4 is 20.1 Å². The Morgan fingerprint density at radius 3 is 2.78 bits per heavy atom. The number of hydrogen-bond acceptors (Lipinski definition) is 4. The summed E-state index contributed by atoms with van der Waals surface area (Å²) in [7, 11) is 0. The topological polar surface area (TPSA) is 59.6 Å². The van der Waals surface area contributed by atoms with Gasteiger partial charge >= 0.3 is 0 Å². The molecule has 2 aliphatic rings. The van der Waals surface area contributed by atoms with Gasteiger partial charge in [0.1, 0.15) is 0 Å². The van der Waals surface area contributed by atoms with E-state index in [1.807, 2.05) is 19.1 Å². The van der Waals surface area contributed by atoms with Gasteiger partial charge in [-0.2, -0.15) is 0 Å². The third kappa shape index (κ3) is 2.01. The summed E-state index contributed by atoms with van der Waals surface area (Å²) in [6.45, 7) is 4.39. The van der Waals surface area contributed by atoms with Crippen LogP contribution in [-0.4, -0.2) is 25.8 Å². The van der Waals surface area contributed by atoms with Crippen molar-refractivity contribution < 1.29 is 14.3 Å². The molecule has 1 saturated heterocycles. The van der Waals surface area contributed by atoms with Gasteiger partial charge in [-0.05, 0) is 30.2 Å². The van der Waals surface area contributed by atoms with Crippen molar-refractivity contribution >= 4 is 5.91 Å². The van der Waals surface area contributed by atoms with E-state index in [1.165, 1.54) is 0 Å². The van der Waals surface area contributed by atoms with Crippen molar-refractivity contribution in [2.45, 2.75) is 13.5 Å². The fourth-order valence-corrected chi connectivity index (χ4v) is 2.08. The van der Waals surface area contributed by atoms with E-state index in [9.17, 15) is 4.79 Å². The Balaban J connectivity index is 1.67. The predicted octanol–water partition coefficient (Wildman–Crippen LogP) is 0.559. The first kappa shape index (κ1) is 11.3. The molecule has 0 saturated carbocycles. The summed E-state index contributed by atoms with van der Waals surface area (Å²) in [5.41, 5.74) is 2.17. The van der Waals surface area contributed by atoms with E-state index in [0.717, 1.165) is 35.7 Å². The number of benzene rings is 1. The lowest BCUT2D eigenvalue weighted by molar-refractivity contribution is -0.126. The van der Waals surface area contributed by atoms with Crippen molar-refractivity contribution in [1.29, 1.82) is 0 Å². The van der Waals surface area contributed by atoms with Crippen molar-refractivity contribution in [1.82, 2.24) is 10.6 Å². The molecule has 2 heterocycles. The minimum absolute atomic E-state index is 0.116. The zero-order chi connectivity index (χ0) is 12.5. The second kappa shape index (κ2) is 4.49. The molecule has 1 fully saturated rings. The van der Waals surface area contributed by atoms with Crippen LogP contribution in [0.4, 0.5) is 0 Å². The van der Waals surface area contributed by atoms with Gasteiger partial charge in [-0.25, -0.2) is 0 Å². The molecule has 96 valence electrons. The zero-order valence-electron chi connectivity index (χ0n) is 10.3. The molecule has 1 amide bonds. The lowest BCUT2D eigenvalue weighted by atomic mass is 10.0. The molecule has 0 bridgehead atoms. The molecule has 2 aliphatic heterocycles. The number of carbonyl (C=O) groups is 1. The van der Waals surface area contributed by atoms with E-state index < -0.39 is 0 Å². The summed E-state index contributed by atoms with van der Waals surface area (Å²) in [6.07, 6.45) is 0. The quantitative estimate of drug-likeness (QED) is 0.820. The number of amides is 1. The van der Waals surface area contributed by atoms with Crippen LogP contribution in [0.25, 0.3) is 0 Å². The second-order valence-electron chi connectivity index (χ2n) is 4.70. The molecule has 0 aliphatic carbocycles. The Morgan fingerprint density at radius 2 is 2.11 bits per heavy atom. The summed E-state index contributed by atoms with van der Waals surface area (Å²) in [5.74, 6) is 1.78. The molecule has 1 aromatic carbocycles. The van der Waals surface area contributed by atoms with Gasteiger partial charge in [-0.15, -0.1) is 0 Å². The largest absolute Gasteiger partial charge is 0.454 e. The highest BCUT2D eigenvalue weighted by atomic mass is 16.7. The third-order valence-corrected chi connectivity index (χ3v) is 3.44. The maximum absolute atomic E-state index is 11.7. The maximum atomic E-state index is 11.7.